The quantitative estimate of drug-likeness (QED) is 0.518. The zero-order chi connectivity index (χ0) is 18.6. The summed E-state index contributed by atoms with van der Waals surface area (Å²) in [5, 5.41) is 4.16. The van der Waals surface area contributed by atoms with Crippen LogP contribution in [0.3, 0.4) is 0 Å². The number of carbonyl (C=O) groups is 1. The van der Waals surface area contributed by atoms with Crippen LogP contribution in [0.1, 0.15) is 35.8 Å². The fraction of sp³-hybridized carbons (Fsp3) is 0.125. The van der Waals surface area contributed by atoms with E-state index < -0.39 is 0 Å². The number of rotatable bonds is 5. The lowest BCUT2D eigenvalue weighted by molar-refractivity contribution is -0.122. The second-order valence-corrected chi connectivity index (χ2v) is 6.67. The van der Waals surface area contributed by atoms with E-state index >= 15 is 0 Å². The number of benzene rings is 3. The fourth-order valence-corrected chi connectivity index (χ4v) is 3.37. The highest BCUT2D eigenvalue weighted by Gasteiger charge is 2.25. The number of furan rings is 1. The van der Waals surface area contributed by atoms with Crippen LogP contribution in [-0.2, 0) is 4.79 Å². The van der Waals surface area contributed by atoms with E-state index in [1.165, 1.54) is 0 Å². The summed E-state index contributed by atoms with van der Waals surface area (Å²) in [6, 6.07) is 29.3. The second kappa shape index (κ2) is 7.50. The van der Waals surface area contributed by atoms with Crippen molar-refractivity contribution in [1.82, 2.24) is 5.32 Å². The fourth-order valence-electron chi connectivity index (χ4n) is 3.37. The molecule has 1 aromatic heterocycles. The van der Waals surface area contributed by atoms with Crippen LogP contribution in [0.2, 0.25) is 0 Å². The van der Waals surface area contributed by atoms with Crippen molar-refractivity contribution in [3.8, 4) is 0 Å². The number of nitrogens with one attached hydrogen (secondary N) is 1. The Morgan fingerprint density at radius 3 is 1.96 bits per heavy atom. The summed E-state index contributed by atoms with van der Waals surface area (Å²) in [5.41, 5.74) is 2.77. The van der Waals surface area contributed by atoms with Gasteiger partial charge in [-0.15, -0.1) is 0 Å². The first-order valence-electron chi connectivity index (χ1n) is 9.11. The number of hydrogen-bond donors (Lipinski definition) is 1. The maximum atomic E-state index is 13.2. The van der Waals surface area contributed by atoms with Gasteiger partial charge >= 0.3 is 0 Å². The molecule has 0 radical (unpaired) electrons. The molecule has 4 aromatic rings. The molecule has 3 aromatic carbocycles. The molecule has 3 heteroatoms. The van der Waals surface area contributed by atoms with Gasteiger partial charge in [0.2, 0.25) is 5.91 Å². The van der Waals surface area contributed by atoms with Crippen molar-refractivity contribution < 1.29 is 9.21 Å². The Bertz CT molecular complexity index is 965. The number of amides is 1. The van der Waals surface area contributed by atoms with Crippen LogP contribution >= 0.6 is 0 Å². The van der Waals surface area contributed by atoms with Gasteiger partial charge in [-0.2, -0.15) is 0 Å². The summed E-state index contributed by atoms with van der Waals surface area (Å²) in [7, 11) is 0. The van der Waals surface area contributed by atoms with Crippen LogP contribution in [0.4, 0.5) is 0 Å². The summed E-state index contributed by atoms with van der Waals surface area (Å²) in [6.07, 6.45) is 0. The molecule has 1 unspecified atom stereocenters. The van der Waals surface area contributed by atoms with E-state index in [2.05, 4.69) is 5.32 Å². The molecule has 27 heavy (non-hydrogen) atoms. The van der Waals surface area contributed by atoms with Crippen LogP contribution in [-0.4, -0.2) is 5.91 Å². The molecule has 0 saturated heterocycles. The molecule has 1 N–H and O–H groups in total. The van der Waals surface area contributed by atoms with Crippen LogP contribution in [0.5, 0.6) is 0 Å². The van der Waals surface area contributed by atoms with Gasteiger partial charge in [0.15, 0.2) is 0 Å². The van der Waals surface area contributed by atoms with Crippen molar-refractivity contribution in [2.45, 2.75) is 18.9 Å². The molecule has 0 aliphatic rings. The molecule has 1 atom stereocenters. The van der Waals surface area contributed by atoms with Crippen molar-refractivity contribution in [2.24, 2.45) is 0 Å². The first-order valence-corrected chi connectivity index (χ1v) is 9.11. The zero-order valence-electron chi connectivity index (χ0n) is 15.1. The molecule has 0 aliphatic heterocycles. The van der Waals surface area contributed by atoms with Gasteiger partial charge < -0.3 is 9.73 Å². The van der Waals surface area contributed by atoms with Crippen LogP contribution in [0.15, 0.2) is 95.4 Å². The molecule has 1 heterocycles. The Hall–Kier alpha value is -3.33. The highest BCUT2D eigenvalue weighted by atomic mass is 16.3. The van der Waals surface area contributed by atoms with Crippen molar-refractivity contribution in [2.75, 3.05) is 0 Å². The predicted molar refractivity (Wildman–Crippen MR) is 107 cm³/mol. The molecule has 0 fully saturated rings. The van der Waals surface area contributed by atoms with Crippen molar-refractivity contribution in [3.63, 3.8) is 0 Å². The van der Waals surface area contributed by atoms with E-state index in [1.54, 1.807) is 0 Å². The summed E-state index contributed by atoms with van der Waals surface area (Å²) < 4.78 is 5.91. The number of hydrogen-bond acceptors (Lipinski definition) is 2. The van der Waals surface area contributed by atoms with Crippen molar-refractivity contribution >= 4 is 16.9 Å². The van der Waals surface area contributed by atoms with Crippen molar-refractivity contribution in [3.05, 3.63) is 108 Å². The molecular formula is C24H21NO2. The SMILES string of the molecule is CC(NC(=O)C(c1ccccc1)c1ccccc1)c1cc2ccccc2o1. The average molecular weight is 355 g/mol. The Balaban J connectivity index is 1.61. The van der Waals surface area contributed by atoms with Gasteiger partial charge in [0.1, 0.15) is 11.3 Å². The van der Waals surface area contributed by atoms with E-state index in [4.69, 9.17) is 4.42 Å². The lowest BCUT2D eigenvalue weighted by Crippen LogP contribution is -2.32. The Labute approximate surface area is 158 Å². The van der Waals surface area contributed by atoms with Gasteiger partial charge in [0.05, 0.1) is 12.0 Å². The summed E-state index contributed by atoms with van der Waals surface area (Å²) in [5.74, 6) is 0.351. The third-order valence-electron chi connectivity index (χ3n) is 4.76. The Morgan fingerprint density at radius 2 is 1.37 bits per heavy atom. The van der Waals surface area contributed by atoms with E-state index in [1.807, 2.05) is 97.9 Å². The van der Waals surface area contributed by atoms with E-state index in [-0.39, 0.29) is 17.9 Å². The number of para-hydroxylation sites is 1. The van der Waals surface area contributed by atoms with Crippen molar-refractivity contribution in [1.29, 1.82) is 0 Å². The first kappa shape index (κ1) is 17.1. The average Bonchev–Trinajstić information content (AvgIpc) is 3.14. The normalized spacial score (nSPS) is 12.2. The third kappa shape index (κ3) is 3.63. The third-order valence-corrected chi connectivity index (χ3v) is 4.76. The molecule has 0 saturated carbocycles. The molecule has 3 nitrogen and oxygen atoms in total. The predicted octanol–water partition coefficient (Wildman–Crippen LogP) is 5.44. The van der Waals surface area contributed by atoms with Gasteiger partial charge in [-0.3, -0.25) is 4.79 Å². The Kier molecular flexibility index (Phi) is 4.75. The highest BCUT2D eigenvalue weighted by molar-refractivity contribution is 5.87. The standard InChI is InChI=1S/C24H21NO2/c1-17(22-16-20-14-8-9-15-21(20)27-22)25-24(26)23(18-10-4-2-5-11-18)19-12-6-3-7-13-19/h2-17,23H,1H3,(H,25,26). The lowest BCUT2D eigenvalue weighted by atomic mass is 9.90. The number of fused-ring (bicyclic) bond motifs is 1. The smallest absolute Gasteiger partial charge is 0.232 e. The molecule has 0 bridgehead atoms. The molecule has 1 amide bonds. The number of carbonyl (C=O) groups excluding carboxylic acids is 1. The second-order valence-electron chi connectivity index (χ2n) is 6.67. The van der Waals surface area contributed by atoms with E-state index in [0.29, 0.717) is 0 Å². The maximum Gasteiger partial charge on any atom is 0.232 e. The topological polar surface area (TPSA) is 42.2 Å². The minimum atomic E-state index is -0.362. The van der Waals surface area contributed by atoms with E-state index in [0.717, 1.165) is 27.9 Å². The van der Waals surface area contributed by atoms with Gasteiger partial charge in [0.25, 0.3) is 0 Å². The van der Waals surface area contributed by atoms with E-state index in [9.17, 15) is 4.79 Å². The molecule has 0 aliphatic carbocycles. The minimum Gasteiger partial charge on any atom is -0.459 e. The Morgan fingerprint density at radius 1 is 0.815 bits per heavy atom. The monoisotopic (exact) mass is 355 g/mol. The van der Waals surface area contributed by atoms with Gasteiger partial charge in [0, 0.05) is 5.39 Å². The first-order chi connectivity index (χ1) is 13.2. The van der Waals surface area contributed by atoms with Crippen LogP contribution in [0, 0.1) is 0 Å². The molecule has 134 valence electrons. The largest absolute Gasteiger partial charge is 0.459 e. The van der Waals surface area contributed by atoms with Gasteiger partial charge in [-0.25, -0.2) is 0 Å². The lowest BCUT2D eigenvalue weighted by Gasteiger charge is -2.20. The van der Waals surface area contributed by atoms with Gasteiger partial charge in [-0.05, 0) is 30.2 Å². The summed E-state index contributed by atoms with van der Waals surface area (Å²) >= 11 is 0. The zero-order valence-corrected chi connectivity index (χ0v) is 15.1. The molecule has 4 rings (SSSR count). The summed E-state index contributed by atoms with van der Waals surface area (Å²) in [6.45, 7) is 1.95. The molecular weight excluding hydrogens is 334 g/mol. The maximum absolute atomic E-state index is 13.2. The summed E-state index contributed by atoms with van der Waals surface area (Å²) in [4.78, 5) is 13.2. The highest BCUT2D eigenvalue weighted by Crippen LogP contribution is 2.28. The van der Waals surface area contributed by atoms with Crippen LogP contribution < -0.4 is 5.32 Å². The van der Waals surface area contributed by atoms with Gasteiger partial charge in [-0.1, -0.05) is 78.9 Å². The molecule has 0 spiro atoms. The van der Waals surface area contributed by atoms with Crippen LogP contribution in [0.25, 0.3) is 11.0 Å². The minimum absolute atomic E-state index is 0.0413.